The fourth-order valence-corrected chi connectivity index (χ4v) is 1.88. The van der Waals surface area contributed by atoms with E-state index >= 15 is 0 Å². The molecule has 1 atom stereocenters. The predicted molar refractivity (Wildman–Crippen MR) is 63.9 cm³/mol. The SMILES string of the molecule is NNC(Cc1ccc(F)cc1Cl)c1ccco1. The van der Waals surface area contributed by atoms with Crippen molar-refractivity contribution in [2.75, 3.05) is 0 Å². The second-order valence-electron chi connectivity index (χ2n) is 3.67. The van der Waals surface area contributed by atoms with Crippen molar-refractivity contribution in [1.82, 2.24) is 5.43 Å². The molecule has 5 heteroatoms. The van der Waals surface area contributed by atoms with Gasteiger partial charge in [-0.15, -0.1) is 0 Å². The summed E-state index contributed by atoms with van der Waals surface area (Å²) in [7, 11) is 0. The summed E-state index contributed by atoms with van der Waals surface area (Å²) in [5.41, 5.74) is 3.46. The van der Waals surface area contributed by atoms with Gasteiger partial charge in [0.25, 0.3) is 0 Å². The smallest absolute Gasteiger partial charge is 0.124 e. The zero-order chi connectivity index (χ0) is 12.3. The van der Waals surface area contributed by atoms with Crippen molar-refractivity contribution in [3.05, 3.63) is 58.8 Å². The fraction of sp³-hybridized carbons (Fsp3) is 0.167. The Morgan fingerprint density at radius 2 is 2.24 bits per heavy atom. The number of hydrazine groups is 1. The number of rotatable bonds is 4. The summed E-state index contributed by atoms with van der Waals surface area (Å²) in [6, 6.07) is 7.72. The maximum Gasteiger partial charge on any atom is 0.124 e. The molecule has 0 fully saturated rings. The van der Waals surface area contributed by atoms with Crippen LogP contribution >= 0.6 is 11.6 Å². The van der Waals surface area contributed by atoms with Gasteiger partial charge in [-0.25, -0.2) is 9.82 Å². The molecule has 0 bridgehead atoms. The summed E-state index contributed by atoms with van der Waals surface area (Å²) in [6.45, 7) is 0. The first kappa shape index (κ1) is 12.1. The first-order valence-electron chi connectivity index (χ1n) is 5.14. The van der Waals surface area contributed by atoms with Gasteiger partial charge < -0.3 is 4.42 Å². The summed E-state index contributed by atoms with van der Waals surface area (Å²) in [5, 5.41) is 0.386. The van der Waals surface area contributed by atoms with Crippen LogP contribution in [0.25, 0.3) is 0 Å². The highest BCUT2D eigenvalue weighted by molar-refractivity contribution is 6.31. The van der Waals surface area contributed by atoms with Crippen molar-refractivity contribution in [3.63, 3.8) is 0 Å². The molecule has 0 saturated heterocycles. The van der Waals surface area contributed by atoms with E-state index in [2.05, 4.69) is 5.43 Å². The van der Waals surface area contributed by atoms with Gasteiger partial charge in [-0.1, -0.05) is 17.7 Å². The van der Waals surface area contributed by atoms with Gasteiger partial charge in [0, 0.05) is 5.02 Å². The Kier molecular flexibility index (Phi) is 3.78. The van der Waals surface area contributed by atoms with E-state index in [1.165, 1.54) is 12.1 Å². The molecular formula is C12H12ClFN2O. The maximum absolute atomic E-state index is 12.9. The molecule has 2 aromatic rings. The minimum atomic E-state index is -0.353. The monoisotopic (exact) mass is 254 g/mol. The van der Waals surface area contributed by atoms with E-state index in [0.717, 1.165) is 5.56 Å². The maximum atomic E-state index is 12.9. The molecule has 3 nitrogen and oxygen atoms in total. The molecule has 0 radical (unpaired) electrons. The Hall–Kier alpha value is -1.36. The first-order chi connectivity index (χ1) is 8.20. The van der Waals surface area contributed by atoms with Gasteiger partial charge in [-0.05, 0) is 36.2 Å². The molecule has 17 heavy (non-hydrogen) atoms. The number of nitrogens with two attached hydrogens (primary N) is 1. The molecule has 0 spiro atoms. The molecule has 1 aromatic carbocycles. The molecule has 0 amide bonds. The predicted octanol–water partition coefficient (Wildman–Crippen LogP) is 2.82. The fourth-order valence-electron chi connectivity index (χ4n) is 1.64. The van der Waals surface area contributed by atoms with Crippen molar-refractivity contribution in [2.24, 2.45) is 5.84 Å². The van der Waals surface area contributed by atoms with Gasteiger partial charge in [-0.3, -0.25) is 5.84 Å². The Labute approximate surface area is 103 Å². The second kappa shape index (κ2) is 5.31. The number of benzene rings is 1. The van der Waals surface area contributed by atoms with E-state index in [9.17, 15) is 4.39 Å². The normalized spacial score (nSPS) is 12.6. The molecule has 0 aliphatic rings. The third-order valence-electron chi connectivity index (χ3n) is 2.53. The molecular weight excluding hydrogens is 243 g/mol. The third-order valence-corrected chi connectivity index (χ3v) is 2.88. The van der Waals surface area contributed by atoms with Crippen molar-refractivity contribution >= 4 is 11.6 Å². The van der Waals surface area contributed by atoms with E-state index in [1.807, 2.05) is 6.07 Å². The Bertz CT molecular complexity index is 487. The summed E-state index contributed by atoms with van der Waals surface area (Å²) >= 11 is 5.95. The van der Waals surface area contributed by atoms with Gasteiger partial charge in [0.1, 0.15) is 11.6 Å². The Morgan fingerprint density at radius 3 is 2.82 bits per heavy atom. The highest BCUT2D eigenvalue weighted by Crippen LogP contribution is 2.24. The molecule has 1 heterocycles. The van der Waals surface area contributed by atoms with Crippen LogP contribution in [-0.2, 0) is 6.42 Å². The van der Waals surface area contributed by atoms with Crippen LogP contribution < -0.4 is 11.3 Å². The van der Waals surface area contributed by atoms with Gasteiger partial charge in [-0.2, -0.15) is 0 Å². The van der Waals surface area contributed by atoms with Crippen molar-refractivity contribution in [2.45, 2.75) is 12.5 Å². The van der Waals surface area contributed by atoms with Crippen LogP contribution in [0.3, 0.4) is 0 Å². The lowest BCUT2D eigenvalue weighted by molar-refractivity contribution is 0.416. The van der Waals surface area contributed by atoms with E-state index in [1.54, 1.807) is 18.4 Å². The zero-order valence-electron chi connectivity index (χ0n) is 8.99. The Balaban J connectivity index is 2.19. The second-order valence-corrected chi connectivity index (χ2v) is 4.08. The van der Waals surface area contributed by atoms with Crippen LogP contribution in [0.2, 0.25) is 5.02 Å². The van der Waals surface area contributed by atoms with E-state index < -0.39 is 0 Å². The van der Waals surface area contributed by atoms with Crippen LogP contribution in [0, 0.1) is 5.82 Å². The summed E-state index contributed by atoms with van der Waals surface area (Å²) < 4.78 is 18.2. The first-order valence-corrected chi connectivity index (χ1v) is 5.52. The standard InChI is InChI=1S/C12H12ClFN2O/c13-10-7-9(14)4-3-8(10)6-11(16-15)12-2-1-5-17-12/h1-5,7,11,16H,6,15H2. The van der Waals surface area contributed by atoms with Crippen LogP contribution in [0.15, 0.2) is 41.0 Å². The molecule has 1 unspecified atom stereocenters. The average Bonchev–Trinajstić information content (AvgIpc) is 2.81. The molecule has 0 saturated carbocycles. The molecule has 2 rings (SSSR count). The van der Waals surface area contributed by atoms with Gasteiger partial charge in [0.15, 0.2) is 0 Å². The molecule has 3 N–H and O–H groups in total. The molecule has 0 aliphatic carbocycles. The van der Waals surface area contributed by atoms with Crippen molar-refractivity contribution < 1.29 is 8.81 Å². The number of nitrogens with one attached hydrogen (secondary N) is 1. The van der Waals surface area contributed by atoms with E-state index in [4.69, 9.17) is 21.9 Å². The van der Waals surface area contributed by atoms with Crippen molar-refractivity contribution in [3.8, 4) is 0 Å². The van der Waals surface area contributed by atoms with Crippen LogP contribution in [0.4, 0.5) is 4.39 Å². The lowest BCUT2D eigenvalue weighted by atomic mass is 10.0. The van der Waals surface area contributed by atoms with Crippen molar-refractivity contribution in [1.29, 1.82) is 0 Å². The van der Waals surface area contributed by atoms with Crippen LogP contribution in [0.5, 0.6) is 0 Å². The van der Waals surface area contributed by atoms with Gasteiger partial charge in [0.2, 0.25) is 0 Å². The third kappa shape index (κ3) is 2.85. The van der Waals surface area contributed by atoms with Crippen LogP contribution in [-0.4, -0.2) is 0 Å². The number of furan rings is 1. The molecule has 1 aromatic heterocycles. The highest BCUT2D eigenvalue weighted by atomic mass is 35.5. The lowest BCUT2D eigenvalue weighted by Crippen LogP contribution is -2.29. The molecule has 0 aliphatic heterocycles. The van der Waals surface area contributed by atoms with Gasteiger partial charge >= 0.3 is 0 Å². The minimum absolute atomic E-state index is 0.187. The summed E-state index contributed by atoms with van der Waals surface area (Å²) in [5.74, 6) is 5.83. The van der Waals surface area contributed by atoms with E-state index in [-0.39, 0.29) is 11.9 Å². The molecule has 90 valence electrons. The summed E-state index contributed by atoms with van der Waals surface area (Å²) in [6.07, 6.45) is 2.11. The Morgan fingerprint density at radius 1 is 1.41 bits per heavy atom. The van der Waals surface area contributed by atoms with E-state index in [0.29, 0.717) is 17.2 Å². The number of halogens is 2. The topological polar surface area (TPSA) is 51.2 Å². The largest absolute Gasteiger partial charge is 0.468 e. The summed E-state index contributed by atoms with van der Waals surface area (Å²) in [4.78, 5) is 0. The van der Waals surface area contributed by atoms with Gasteiger partial charge in [0.05, 0.1) is 12.3 Å². The minimum Gasteiger partial charge on any atom is -0.468 e. The van der Waals surface area contributed by atoms with Crippen LogP contribution in [0.1, 0.15) is 17.4 Å². The zero-order valence-corrected chi connectivity index (χ0v) is 9.75. The average molecular weight is 255 g/mol. The number of hydrogen-bond donors (Lipinski definition) is 2. The lowest BCUT2D eigenvalue weighted by Gasteiger charge is -2.14. The number of hydrogen-bond acceptors (Lipinski definition) is 3. The quantitative estimate of drug-likeness (QED) is 0.652. The highest BCUT2D eigenvalue weighted by Gasteiger charge is 2.15.